The molecule has 1 saturated heterocycles. The molecule has 0 atom stereocenters. The van der Waals surface area contributed by atoms with Gasteiger partial charge in [-0.25, -0.2) is 19.2 Å². The lowest BCUT2D eigenvalue weighted by molar-refractivity contribution is 0.628. The van der Waals surface area contributed by atoms with Gasteiger partial charge in [0.1, 0.15) is 12.0 Å². The van der Waals surface area contributed by atoms with E-state index in [0.717, 1.165) is 61.1 Å². The molecule has 0 radical (unpaired) electrons. The minimum atomic E-state index is 0.725. The van der Waals surface area contributed by atoms with Gasteiger partial charge in [-0.3, -0.25) is 4.68 Å². The number of piperazine rings is 1. The van der Waals surface area contributed by atoms with Crippen LogP contribution in [-0.4, -0.2) is 65.3 Å². The zero-order valence-corrected chi connectivity index (χ0v) is 19.3. The minimum absolute atomic E-state index is 0.725. The zero-order chi connectivity index (χ0) is 23.1. The molecule has 0 unspecified atom stereocenters. The van der Waals surface area contributed by atoms with Crippen molar-refractivity contribution in [1.29, 1.82) is 0 Å². The summed E-state index contributed by atoms with van der Waals surface area (Å²) in [7, 11) is 1.91. The number of hydrogen-bond donors (Lipinski definition) is 0. The first-order valence-electron chi connectivity index (χ1n) is 11.4. The first-order valence-corrected chi connectivity index (χ1v) is 11.4. The Morgan fingerprint density at radius 3 is 2.35 bits per heavy atom. The number of rotatable bonds is 5. The second kappa shape index (κ2) is 8.29. The molecule has 0 saturated carbocycles. The van der Waals surface area contributed by atoms with Crippen molar-refractivity contribution < 1.29 is 0 Å². The average Bonchev–Trinajstić information content (AvgIpc) is 3.60. The molecule has 1 aromatic carbocycles. The molecule has 1 fully saturated rings. The van der Waals surface area contributed by atoms with Gasteiger partial charge in [-0.15, -0.1) is 5.10 Å². The quantitative estimate of drug-likeness (QED) is 0.403. The van der Waals surface area contributed by atoms with E-state index in [1.54, 1.807) is 4.68 Å². The molecule has 0 aliphatic carbocycles. The molecule has 5 heterocycles. The standard InChI is InChI=1S/C24H26N10/c1-18-3-5-19(6-4-18)14-33-17-26-24(29-33)32-9-7-31(8-10-32)22-13-28-34-16-20(11-25-23(22)34)21-12-27-30(2)15-21/h3-6,11-13,15-17H,7-10,14H2,1-2H3. The second-order valence-corrected chi connectivity index (χ2v) is 8.75. The Morgan fingerprint density at radius 1 is 0.824 bits per heavy atom. The highest BCUT2D eigenvalue weighted by atomic mass is 15.4. The lowest BCUT2D eigenvalue weighted by atomic mass is 10.1. The van der Waals surface area contributed by atoms with E-state index in [2.05, 4.69) is 56.2 Å². The summed E-state index contributed by atoms with van der Waals surface area (Å²) >= 11 is 0. The van der Waals surface area contributed by atoms with Crippen LogP contribution in [0.1, 0.15) is 11.1 Å². The zero-order valence-electron chi connectivity index (χ0n) is 19.3. The molecule has 0 N–H and O–H groups in total. The topological polar surface area (TPSA) is 85.2 Å². The summed E-state index contributed by atoms with van der Waals surface area (Å²) in [6.07, 6.45) is 11.4. The molecule has 0 bridgehead atoms. The third kappa shape index (κ3) is 3.87. The van der Waals surface area contributed by atoms with Crippen molar-refractivity contribution >= 4 is 17.3 Å². The van der Waals surface area contributed by atoms with Gasteiger partial charge in [0.25, 0.3) is 0 Å². The molecule has 5 aromatic rings. The monoisotopic (exact) mass is 454 g/mol. The van der Waals surface area contributed by atoms with Crippen LogP contribution in [0.3, 0.4) is 0 Å². The lowest BCUT2D eigenvalue weighted by Crippen LogP contribution is -2.47. The summed E-state index contributed by atoms with van der Waals surface area (Å²) in [6.45, 7) is 6.24. The summed E-state index contributed by atoms with van der Waals surface area (Å²) in [4.78, 5) is 13.8. The summed E-state index contributed by atoms with van der Waals surface area (Å²) in [6, 6.07) is 8.53. The van der Waals surface area contributed by atoms with Gasteiger partial charge < -0.3 is 9.80 Å². The average molecular weight is 455 g/mol. The highest BCUT2D eigenvalue weighted by molar-refractivity contribution is 5.71. The molecule has 1 aliphatic heterocycles. The fraction of sp³-hybridized carbons (Fsp3) is 0.292. The Hall–Kier alpha value is -4.21. The number of benzene rings is 1. The molecule has 4 aromatic heterocycles. The van der Waals surface area contributed by atoms with E-state index in [-0.39, 0.29) is 0 Å². The normalized spacial score (nSPS) is 14.3. The van der Waals surface area contributed by atoms with Gasteiger partial charge in [0.15, 0.2) is 5.65 Å². The molecule has 0 spiro atoms. The van der Waals surface area contributed by atoms with E-state index >= 15 is 0 Å². The molecule has 172 valence electrons. The van der Waals surface area contributed by atoms with Gasteiger partial charge >= 0.3 is 0 Å². The molecule has 0 amide bonds. The van der Waals surface area contributed by atoms with Crippen molar-refractivity contribution in [3.05, 3.63) is 72.7 Å². The van der Waals surface area contributed by atoms with Crippen LogP contribution in [0.5, 0.6) is 0 Å². The van der Waals surface area contributed by atoms with E-state index in [0.29, 0.717) is 0 Å². The van der Waals surface area contributed by atoms with E-state index in [1.165, 1.54) is 11.1 Å². The largest absolute Gasteiger partial charge is 0.364 e. The van der Waals surface area contributed by atoms with Crippen molar-refractivity contribution in [2.24, 2.45) is 7.05 Å². The fourth-order valence-electron chi connectivity index (χ4n) is 4.34. The van der Waals surface area contributed by atoms with Gasteiger partial charge in [-0.1, -0.05) is 29.8 Å². The van der Waals surface area contributed by atoms with Crippen LogP contribution < -0.4 is 9.80 Å². The number of nitrogens with zero attached hydrogens (tertiary/aromatic N) is 10. The smallest absolute Gasteiger partial charge is 0.244 e. The Bertz CT molecular complexity index is 1420. The molecule has 10 heteroatoms. The second-order valence-electron chi connectivity index (χ2n) is 8.75. The van der Waals surface area contributed by atoms with Crippen molar-refractivity contribution in [3.8, 4) is 11.1 Å². The molecular formula is C24H26N10. The third-order valence-corrected chi connectivity index (χ3v) is 6.27. The number of anilines is 2. The Kier molecular flexibility index (Phi) is 4.97. The van der Waals surface area contributed by atoms with Crippen LogP contribution in [0.2, 0.25) is 0 Å². The Labute approximate surface area is 197 Å². The molecule has 1 aliphatic rings. The first-order chi connectivity index (χ1) is 16.6. The molecule has 34 heavy (non-hydrogen) atoms. The fourth-order valence-corrected chi connectivity index (χ4v) is 4.34. The number of hydrogen-bond acceptors (Lipinski definition) is 7. The summed E-state index contributed by atoms with van der Waals surface area (Å²) in [5.41, 5.74) is 6.41. The van der Waals surface area contributed by atoms with Crippen LogP contribution in [0.4, 0.5) is 11.6 Å². The number of fused-ring (bicyclic) bond motifs is 1. The van der Waals surface area contributed by atoms with Crippen LogP contribution in [-0.2, 0) is 13.6 Å². The van der Waals surface area contributed by atoms with Crippen LogP contribution in [0.25, 0.3) is 16.8 Å². The van der Waals surface area contributed by atoms with Gasteiger partial charge in [0.2, 0.25) is 5.95 Å². The highest BCUT2D eigenvalue weighted by Crippen LogP contribution is 2.25. The van der Waals surface area contributed by atoms with Gasteiger partial charge in [-0.05, 0) is 12.5 Å². The number of aromatic nitrogens is 8. The van der Waals surface area contributed by atoms with Crippen LogP contribution >= 0.6 is 0 Å². The SMILES string of the molecule is Cc1ccc(Cn2cnc(N3CCN(c4cnn5cc(-c6cnn(C)c6)cnc45)CC3)n2)cc1. The first kappa shape index (κ1) is 20.4. The van der Waals surface area contributed by atoms with Gasteiger partial charge in [-0.2, -0.15) is 10.2 Å². The summed E-state index contributed by atoms with van der Waals surface area (Å²) in [5, 5.41) is 13.5. The predicted molar refractivity (Wildman–Crippen MR) is 130 cm³/mol. The van der Waals surface area contributed by atoms with Gasteiger partial charge in [0, 0.05) is 62.9 Å². The number of aryl methyl sites for hydroxylation is 2. The maximum Gasteiger partial charge on any atom is 0.244 e. The van der Waals surface area contributed by atoms with Crippen molar-refractivity contribution in [1.82, 2.24) is 39.1 Å². The van der Waals surface area contributed by atoms with E-state index < -0.39 is 0 Å². The van der Waals surface area contributed by atoms with E-state index in [9.17, 15) is 0 Å². The van der Waals surface area contributed by atoms with Gasteiger partial charge in [0.05, 0.1) is 18.9 Å². The lowest BCUT2D eigenvalue weighted by Gasteiger charge is -2.34. The molecular weight excluding hydrogens is 428 g/mol. The highest BCUT2D eigenvalue weighted by Gasteiger charge is 2.23. The predicted octanol–water partition coefficient (Wildman–Crippen LogP) is 2.40. The van der Waals surface area contributed by atoms with Crippen molar-refractivity contribution in [2.45, 2.75) is 13.5 Å². The Balaban J connectivity index is 1.12. The van der Waals surface area contributed by atoms with E-state index in [1.807, 2.05) is 53.6 Å². The van der Waals surface area contributed by atoms with Crippen LogP contribution in [0.15, 0.2) is 61.6 Å². The van der Waals surface area contributed by atoms with Crippen molar-refractivity contribution in [3.63, 3.8) is 0 Å². The Morgan fingerprint density at radius 2 is 1.59 bits per heavy atom. The maximum atomic E-state index is 4.71. The summed E-state index contributed by atoms with van der Waals surface area (Å²) < 4.78 is 5.54. The molecule has 6 rings (SSSR count). The third-order valence-electron chi connectivity index (χ3n) is 6.27. The van der Waals surface area contributed by atoms with Crippen molar-refractivity contribution in [2.75, 3.05) is 36.0 Å². The summed E-state index contributed by atoms with van der Waals surface area (Å²) in [5.74, 6) is 0.783. The van der Waals surface area contributed by atoms with E-state index in [4.69, 9.17) is 10.1 Å². The minimum Gasteiger partial charge on any atom is -0.364 e. The van der Waals surface area contributed by atoms with Crippen LogP contribution in [0, 0.1) is 6.92 Å². The maximum absolute atomic E-state index is 4.71. The molecule has 10 nitrogen and oxygen atoms in total.